The zero-order valence-electron chi connectivity index (χ0n) is 11.3. The van der Waals surface area contributed by atoms with E-state index in [-0.39, 0.29) is 18.6 Å². The van der Waals surface area contributed by atoms with Crippen LogP contribution in [0.15, 0.2) is 6.07 Å². The molecule has 0 aromatic carbocycles. The Labute approximate surface area is 116 Å². The van der Waals surface area contributed by atoms with Crippen LogP contribution < -0.4 is 16.6 Å². The normalized spacial score (nSPS) is 14.4. The average molecular weight is 281 g/mol. The monoisotopic (exact) mass is 281 g/mol. The van der Waals surface area contributed by atoms with Gasteiger partial charge < -0.3 is 10.4 Å². The predicted octanol–water partition coefficient (Wildman–Crippen LogP) is 1.71. The number of aromatic nitrogens is 2. The molecule has 0 aliphatic heterocycles. The van der Waals surface area contributed by atoms with Crippen molar-refractivity contribution in [3.8, 4) is 0 Å². The number of hydrogen-bond donors (Lipinski definition) is 4. The van der Waals surface area contributed by atoms with Crippen molar-refractivity contribution in [2.24, 2.45) is 11.8 Å². The van der Waals surface area contributed by atoms with Gasteiger partial charge in [-0.3, -0.25) is 5.43 Å². The van der Waals surface area contributed by atoms with E-state index in [1.165, 1.54) is 4.88 Å². The lowest BCUT2D eigenvalue weighted by Crippen LogP contribution is -2.27. The fourth-order valence-electron chi connectivity index (χ4n) is 1.73. The lowest BCUT2D eigenvalue weighted by molar-refractivity contribution is 0.226. The molecule has 19 heavy (non-hydrogen) atoms. The molecule has 0 aliphatic carbocycles. The molecule has 0 aliphatic rings. The zero-order valence-corrected chi connectivity index (χ0v) is 12.1. The number of anilines is 2. The number of aryl methyl sites for hydroxylation is 1. The summed E-state index contributed by atoms with van der Waals surface area (Å²) < 4.78 is 0. The molecule has 5 N–H and O–H groups in total. The lowest BCUT2D eigenvalue weighted by Gasteiger charge is -2.20. The van der Waals surface area contributed by atoms with Gasteiger partial charge in [-0.05, 0) is 25.8 Å². The van der Waals surface area contributed by atoms with E-state index < -0.39 is 0 Å². The Kier molecular flexibility index (Phi) is 4.18. The SMILES string of the molecule is Cc1cc2c(NC(C)C(C)CO)nc(NN)nc2s1. The average Bonchev–Trinajstić information content (AvgIpc) is 2.77. The number of aliphatic hydroxyl groups is 1. The molecule has 0 saturated heterocycles. The molecule has 2 rings (SSSR count). The number of nitrogens with two attached hydrogens (primary N) is 1. The number of nitrogen functional groups attached to an aromatic ring is 1. The van der Waals surface area contributed by atoms with Crippen LogP contribution in [-0.2, 0) is 0 Å². The number of fused-ring (bicyclic) bond motifs is 1. The maximum absolute atomic E-state index is 9.20. The van der Waals surface area contributed by atoms with E-state index in [1.54, 1.807) is 11.3 Å². The van der Waals surface area contributed by atoms with Gasteiger partial charge in [0.25, 0.3) is 0 Å². The van der Waals surface area contributed by atoms with Crippen LogP contribution in [0.25, 0.3) is 10.2 Å². The number of nitrogens with one attached hydrogen (secondary N) is 2. The van der Waals surface area contributed by atoms with E-state index in [9.17, 15) is 5.11 Å². The van der Waals surface area contributed by atoms with Gasteiger partial charge >= 0.3 is 0 Å². The maximum atomic E-state index is 9.20. The maximum Gasteiger partial charge on any atom is 0.240 e. The molecule has 2 aromatic rings. The summed E-state index contributed by atoms with van der Waals surface area (Å²) in [4.78, 5) is 10.8. The molecule has 2 atom stereocenters. The molecule has 2 unspecified atom stereocenters. The zero-order chi connectivity index (χ0) is 14.0. The summed E-state index contributed by atoms with van der Waals surface area (Å²) in [5.41, 5.74) is 2.48. The highest BCUT2D eigenvalue weighted by atomic mass is 32.1. The van der Waals surface area contributed by atoms with Gasteiger partial charge in [0.1, 0.15) is 10.6 Å². The van der Waals surface area contributed by atoms with Crippen LogP contribution in [0.5, 0.6) is 0 Å². The van der Waals surface area contributed by atoms with Crippen molar-refractivity contribution in [1.82, 2.24) is 9.97 Å². The van der Waals surface area contributed by atoms with Gasteiger partial charge in [0, 0.05) is 17.5 Å². The molecule has 0 spiro atoms. The molecule has 7 heteroatoms. The van der Waals surface area contributed by atoms with Crippen LogP contribution in [0.2, 0.25) is 0 Å². The minimum atomic E-state index is 0.105. The first-order valence-electron chi connectivity index (χ1n) is 6.17. The highest BCUT2D eigenvalue weighted by Crippen LogP contribution is 2.30. The standard InChI is InChI=1S/C12H19N5OS/c1-6(5-18)8(3)14-10-9-4-7(2)19-11(9)16-12(15-10)17-13/h4,6,8,18H,5,13H2,1-3H3,(H2,14,15,16,17). The topological polar surface area (TPSA) is 96.1 Å². The molecular formula is C12H19N5OS. The molecule has 0 saturated carbocycles. The van der Waals surface area contributed by atoms with Crippen molar-refractivity contribution in [3.05, 3.63) is 10.9 Å². The molecular weight excluding hydrogens is 262 g/mol. The Balaban J connectivity index is 2.40. The molecule has 0 bridgehead atoms. The summed E-state index contributed by atoms with van der Waals surface area (Å²) >= 11 is 1.60. The first-order valence-corrected chi connectivity index (χ1v) is 6.99. The second kappa shape index (κ2) is 5.68. The van der Waals surface area contributed by atoms with E-state index in [1.807, 2.05) is 20.8 Å². The lowest BCUT2D eigenvalue weighted by atomic mass is 10.1. The largest absolute Gasteiger partial charge is 0.396 e. The van der Waals surface area contributed by atoms with E-state index in [0.29, 0.717) is 5.95 Å². The number of nitrogens with zero attached hydrogens (tertiary/aromatic N) is 2. The Hall–Kier alpha value is -1.44. The highest BCUT2D eigenvalue weighted by molar-refractivity contribution is 7.18. The van der Waals surface area contributed by atoms with Crippen molar-refractivity contribution in [2.45, 2.75) is 26.8 Å². The van der Waals surface area contributed by atoms with E-state index >= 15 is 0 Å². The summed E-state index contributed by atoms with van der Waals surface area (Å²) in [5.74, 6) is 6.67. The molecule has 104 valence electrons. The summed E-state index contributed by atoms with van der Waals surface area (Å²) in [7, 11) is 0. The van der Waals surface area contributed by atoms with Gasteiger partial charge in [0.05, 0.1) is 5.39 Å². The highest BCUT2D eigenvalue weighted by Gasteiger charge is 2.15. The predicted molar refractivity (Wildman–Crippen MR) is 79.3 cm³/mol. The smallest absolute Gasteiger partial charge is 0.240 e. The minimum absolute atomic E-state index is 0.105. The van der Waals surface area contributed by atoms with E-state index in [2.05, 4.69) is 26.8 Å². The molecule has 0 radical (unpaired) electrons. The molecule has 6 nitrogen and oxygen atoms in total. The van der Waals surface area contributed by atoms with Gasteiger partial charge in [-0.1, -0.05) is 6.92 Å². The Bertz CT molecular complexity index is 570. The van der Waals surface area contributed by atoms with Crippen molar-refractivity contribution in [2.75, 3.05) is 17.3 Å². The number of hydrogen-bond acceptors (Lipinski definition) is 7. The first-order chi connectivity index (χ1) is 9.05. The fraction of sp³-hybridized carbons (Fsp3) is 0.500. The van der Waals surface area contributed by atoms with Gasteiger partial charge in [-0.25, -0.2) is 10.8 Å². The van der Waals surface area contributed by atoms with E-state index in [0.717, 1.165) is 16.0 Å². The van der Waals surface area contributed by atoms with Crippen molar-refractivity contribution < 1.29 is 5.11 Å². The summed E-state index contributed by atoms with van der Waals surface area (Å²) in [6.07, 6.45) is 0. The van der Waals surface area contributed by atoms with Crippen LogP contribution in [0, 0.1) is 12.8 Å². The van der Waals surface area contributed by atoms with Crippen molar-refractivity contribution >= 4 is 33.3 Å². The Morgan fingerprint density at radius 3 is 2.79 bits per heavy atom. The second-order valence-corrected chi connectivity index (χ2v) is 5.94. The first kappa shape index (κ1) is 14.0. The fourth-order valence-corrected chi connectivity index (χ4v) is 2.61. The van der Waals surface area contributed by atoms with Gasteiger partial charge in [0.15, 0.2) is 0 Å². The number of hydrazine groups is 1. The Morgan fingerprint density at radius 2 is 2.16 bits per heavy atom. The number of thiophene rings is 1. The van der Waals surface area contributed by atoms with Crippen molar-refractivity contribution in [1.29, 1.82) is 0 Å². The summed E-state index contributed by atoms with van der Waals surface area (Å²) in [6, 6.07) is 2.16. The molecule has 0 amide bonds. The molecule has 2 aromatic heterocycles. The third-order valence-corrected chi connectivity index (χ3v) is 4.10. The molecule has 2 heterocycles. The third kappa shape index (κ3) is 2.94. The van der Waals surface area contributed by atoms with Crippen LogP contribution >= 0.6 is 11.3 Å². The van der Waals surface area contributed by atoms with E-state index in [4.69, 9.17) is 5.84 Å². The van der Waals surface area contributed by atoms with Crippen LogP contribution in [0.4, 0.5) is 11.8 Å². The van der Waals surface area contributed by atoms with Crippen molar-refractivity contribution in [3.63, 3.8) is 0 Å². The third-order valence-electron chi connectivity index (χ3n) is 3.15. The number of aliphatic hydroxyl groups excluding tert-OH is 1. The van der Waals surface area contributed by atoms with Crippen LogP contribution in [0.1, 0.15) is 18.7 Å². The number of rotatable bonds is 5. The van der Waals surface area contributed by atoms with Gasteiger partial charge in [-0.2, -0.15) is 4.98 Å². The van der Waals surface area contributed by atoms with Gasteiger partial charge in [-0.15, -0.1) is 11.3 Å². The van der Waals surface area contributed by atoms with Gasteiger partial charge in [0.2, 0.25) is 5.95 Å². The minimum Gasteiger partial charge on any atom is -0.396 e. The van der Waals surface area contributed by atoms with Crippen LogP contribution in [0.3, 0.4) is 0 Å². The summed E-state index contributed by atoms with van der Waals surface area (Å²) in [6.45, 7) is 6.17. The second-order valence-electron chi connectivity index (χ2n) is 4.71. The Morgan fingerprint density at radius 1 is 1.42 bits per heavy atom. The van der Waals surface area contributed by atoms with Crippen LogP contribution in [-0.4, -0.2) is 27.7 Å². The summed E-state index contributed by atoms with van der Waals surface area (Å²) in [5, 5.41) is 13.5. The quantitative estimate of drug-likeness (QED) is 0.492. The molecule has 0 fully saturated rings.